The Balaban J connectivity index is 1.33. The van der Waals surface area contributed by atoms with Crippen molar-refractivity contribution in [2.75, 3.05) is 13.1 Å². The fraction of sp³-hybridized carbons (Fsp3) is 0.429. The third kappa shape index (κ3) is 2.80. The van der Waals surface area contributed by atoms with Crippen molar-refractivity contribution in [3.8, 4) is 11.5 Å². The standard InChI is InChI=1S/C35H36N2O3/c1-20-5-3-7-23(15-20)19-37-30-21(2)6-4-8-25(30)26-17-35(39)28-16-24-11-12-27(38)32-29(24)34(35,33(40-32)31(26)37)13-14-36(28)18-22-9-10-22/h3-8,11-12,15,22,28,33,38-39H,9-10,13-14,16-19H2,1-2H3/t28-,33+,34+,35-/m1/s1. The Morgan fingerprint density at radius 3 is 2.73 bits per heavy atom. The van der Waals surface area contributed by atoms with E-state index in [1.54, 1.807) is 6.07 Å². The number of phenolic OH excluding ortho intramolecular Hbond substituents is 1. The molecule has 0 amide bonds. The van der Waals surface area contributed by atoms with E-state index in [1.165, 1.54) is 57.3 Å². The van der Waals surface area contributed by atoms with E-state index in [9.17, 15) is 10.2 Å². The first-order chi connectivity index (χ1) is 19.4. The summed E-state index contributed by atoms with van der Waals surface area (Å²) >= 11 is 0. The van der Waals surface area contributed by atoms with E-state index < -0.39 is 11.0 Å². The Labute approximate surface area is 235 Å². The summed E-state index contributed by atoms with van der Waals surface area (Å²) in [6, 6.07) is 19.3. The molecule has 3 aliphatic carbocycles. The summed E-state index contributed by atoms with van der Waals surface area (Å²) in [7, 11) is 0. The van der Waals surface area contributed by atoms with Crippen LogP contribution in [0.4, 0.5) is 0 Å². The number of piperidine rings is 1. The van der Waals surface area contributed by atoms with Crippen LogP contribution in [-0.2, 0) is 24.8 Å². The van der Waals surface area contributed by atoms with Gasteiger partial charge >= 0.3 is 0 Å². The Bertz CT molecular complexity index is 1730. The number of hydrogen-bond acceptors (Lipinski definition) is 4. The van der Waals surface area contributed by atoms with Gasteiger partial charge in [0.1, 0.15) is 0 Å². The largest absolute Gasteiger partial charge is 0.504 e. The van der Waals surface area contributed by atoms with E-state index in [-0.39, 0.29) is 17.9 Å². The summed E-state index contributed by atoms with van der Waals surface area (Å²) < 4.78 is 9.43. The molecule has 1 spiro atoms. The minimum Gasteiger partial charge on any atom is -0.504 e. The number of aromatic nitrogens is 1. The van der Waals surface area contributed by atoms with Crippen LogP contribution in [0.2, 0.25) is 0 Å². The Morgan fingerprint density at radius 1 is 1.05 bits per heavy atom. The molecule has 9 rings (SSSR count). The maximum Gasteiger partial charge on any atom is 0.166 e. The molecule has 2 N–H and O–H groups in total. The molecule has 5 nitrogen and oxygen atoms in total. The fourth-order valence-electron chi connectivity index (χ4n) is 9.25. The third-order valence-electron chi connectivity index (χ3n) is 11.1. The SMILES string of the molecule is Cc1cccc(Cn2c3c(c4cccc(C)c42)C[C@@]2(O)[C@H]4Cc5ccc(O)c6c5[C@@]2(CCN4CC2CC2)[C@H]3O6)c1. The number of aryl methyl sites for hydroxylation is 2. The van der Waals surface area contributed by atoms with E-state index in [4.69, 9.17) is 4.74 Å². The van der Waals surface area contributed by atoms with Crippen LogP contribution in [0.25, 0.3) is 10.9 Å². The Hall–Kier alpha value is -3.28. The quantitative estimate of drug-likeness (QED) is 0.354. The monoisotopic (exact) mass is 532 g/mol. The molecule has 40 heavy (non-hydrogen) atoms. The van der Waals surface area contributed by atoms with Crippen LogP contribution in [-0.4, -0.2) is 44.4 Å². The van der Waals surface area contributed by atoms with Crippen molar-refractivity contribution in [1.29, 1.82) is 0 Å². The second kappa shape index (κ2) is 7.71. The minimum absolute atomic E-state index is 0.0454. The van der Waals surface area contributed by atoms with Gasteiger partial charge in [0.2, 0.25) is 0 Å². The van der Waals surface area contributed by atoms with E-state index in [0.717, 1.165) is 44.0 Å². The van der Waals surface area contributed by atoms with Crippen LogP contribution in [0.3, 0.4) is 0 Å². The molecule has 3 heterocycles. The van der Waals surface area contributed by atoms with Gasteiger partial charge < -0.3 is 19.5 Å². The maximum absolute atomic E-state index is 13.2. The van der Waals surface area contributed by atoms with Crippen molar-refractivity contribution in [2.45, 2.75) is 75.7 Å². The summed E-state index contributed by atoms with van der Waals surface area (Å²) in [6.07, 6.45) is 4.53. The number of phenols is 1. The highest BCUT2D eigenvalue weighted by Crippen LogP contribution is 2.69. The van der Waals surface area contributed by atoms with Gasteiger partial charge in [-0.1, -0.05) is 54.1 Å². The maximum atomic E-state index is 13.2. The average Bonchev–Trinajstić information content (AvgIpc) is 3.60. The Kier molecular flexibility index (Phi) is 4.52. The molecule has 2 bridgehead atoms. The minimum atomic E-state index is -0.962. The number of benzene rings is 3. The molecule has 1 aromatic heterocycles. The summed E-state index contributed by atoms with van der Waals surface area (Å²) in [5, 5.41) is 25.5. The first kappa shape index (κ1) is 23.4. The second-order valence-corrected chi connectivity index (χ2v) is 13.3. The first-order valence-corrected chi connectivity index (χ1v) is 15.0. The lowest BCUT2D eigenvalue weighted by atomic mass is 9.49. The highest BCUT2D eigenvalue weighted by molar-refractivity contribution is 5.89. The number of hydrogen-bond donors (Lipinski definition) is 2. The zero-order valence-corrected chi connectivity index (χ0v) is 23.3. The number of fused-ring (bicyclic) bond motifs is 4. The van der Waals surface area contributed by atoms with Crippen LogP contribution < -0.4 is 4.74 Å². The van der Waals surface area contributed by atoms with Crippen LogP contribution in [0.1, 0.15) is 64.4 Å². The van der Waals surface area contributed by atoms with Crippen LogP contribution in [0.15, 0.2) is 54.6 Å². The third-order valence-corrected chi connectivity index (χ3v) is 11.1. The van der Waals surface area contributed by atoms with E-state index in [0.29, 0.717) is 12.2 Å². The number of nitrogens with zero attached hydrogens (tertiary/aromatic N) is 2. The lowest BCUT2D eigenvalue weighted by Crippen LogP contribution is -2.74. The van der Waals surface area contributed by atoms with Crippen LogP contribution in [0.5, 0.6) is 11.5 Å². The van der Waals surface area contributed by atoms with E-state index in [2.05, 4.69) is 71.8 Å². The van der Waals surface area contributed by atoms with E-state index in [1.807, 2.05) is 0 Å². The average molecular weight is 533 g/mol. The fourth-order valence-corrected chi connectivity index (χ4v) is 9.25. The zero-order valence-electron chi connectivity index (χ0n) is 23.3. The van der Waals surface area contributed by atoms with Gasteiger partial charge in [-0.15, -0.1) is 0 Å². The number of aromatic hydroxyl groups is 1. The summed E-state index contributed by atoms with van der Waals surface area (Å²) in [6.45, 7) is 7.14. The molecule has 0 unspecified atom stereocenters. The molecule has 1 saturated carbocycles. The second-order valence-electron chi connectivity index (χ2n) is 13.3. The summed E-state index contributed by atoms with van der Waals surface area (Å²) in [5.41, 5.74) is 8.20. The lowest BCUT2D eigenvalue weighted by Gasteiger charge is -2.63. The zero-order chi connectivity index (χ0) is 27.0. The molecule has 5 aliphatic rings. The predicted octanol–water partition coefficient (Wildman–Crippen LogP) is 5.71. The van der Waals surface area contributed by atoms with Gasteiger partial charge in [-0.25, -0.2) is 0 Å². The van der Waals surface area contributed by atoms with Crippen molar-refractivity contribution in [2.24, 2.45) is 5.92 Å². The Morgan fingerprint density at radius 2 is 1.90 bits per heavy atom. The number of rotatable bonds is 4. The number of para-hydroxylation sites is 1. The smallest absolute Gasteiger partial charge is 0.166 e. The molecule has 3 aromatic carbocycles. The lowest BCUT2D eigenvalue weighted by molar-refractivity contribution is -0.173. The summed E-state index contributed by atoms with van der Waals surface area (Å²) in [5.74, 6) is 1.57. The van der Waals surface area contributed by atoms with Crippen molar-refractivity contribution in [3.05, 3.63) is 93.7 Å². The molecular formula is C35H36N2O3. The van der Waals surface area contributed by atoms with Crippen molar-refractivity contribution in [1.82, 2.24) is 9.47 Å². The van der Waals surface area contributed by atoms with Crippen molar-refractivity contribution < 1.29 is 14.9 Å². The molecule has 4 atom stereocenters. The van der Waals surface area contributed by atoms with Crippen molar-refractivity contribution in [3.63, 3.8) is 0 Å². The number of likely N-dealkylation sites (tertiary alicyclic amines) is 1. The molecule has 2 aliphatic heterocycles. The van der Waals surface area contributed by atoms with Crippen molar-refractivity contribution >= 4 is 10.9 Å². The molecule has 5 heteroatoms. The van der Waals surface area contributed by atoms with Crippen LogP contribution >= 0.6 is 0 Å². The van der Waals surface area contributed by atoms with Gasteiger partial charge in [0.15, 0.2) is 17.6 Å². The topological polar surface area (TPSA) is 57.9 Å². The molecule has 0 radical (unpaired) electrons. The highest BCUT2D eigenvalue weighted by Gasteiger charge is 2.73. The molecule has 2 fully saturated rings. The predicted molar refractivity (Wildman–Crippen MR) is 155 cm³/mol. The van der Waals surface area contributed by atoms with E-state index >= 15 is 0 Å². The molecule has 204 valence electrons. The van der Waals surface area contributed by atoms with Crippen LogP contribution in [0, 0.1) is 19.8 Å². The van der Waals surface area contributed by atoms with Gasteiger partial charge in [0.05, 0.1) is 22.2 Å². The molecular weight excluding hydrogens is 496 g/mol. The van der Waals surface area contributed by atoms with Gasteiger partial charge in [-0.3, -0.25) is 4.90 Å². The number of aliphatic hydroxyl groups is 1. The van der Waals surface area contributed by atoms with Gasteiger partial charge in [-0.05, 0) is 80.3 Å². The van der Waals surface area contributed by atoms with Gasteiger partial charge in [0, 0.05) is 36.5 Å². The van der Waals surface area contributed by atoms with Gasteiger partial charge in [0.25, 0.3) is 0 Å². The van der Waals surface area contributed by atoms with Gasteiger partial charge in [-0.2, -0.15) is 0 Å². The summed E-state index contributed by atoms with van der Waals surface area (Å²) in [4.78, 5) is 2.61. The molecule has 4 aromatic rings. The molecule has 1 saturated heterocycles. The number of ether oxygens (including phenoxy) is 1. The normalized spacial score (nSPS) is 29.8. The highest BCUT2D eigenvalue weighted by atomic mass is 16.5. The first-order valence-electron chi connectivity index (χ1n) is 15.0.